The number of nitrogens with zero attached hydrogens (tertiary/aromatic N) is 1. The number of urea groups is 1. The molecule has 2 aliphatic rings. The fourth-order valence-corrected chi connectivity index (χ4v) is 3.42. The summed E-state index contributed by atoms with van der Waals surface area (Å²) in [5.41, 5.74) is 7.18. The maximum Gasteiger partial charge on any atom is 0.322 e. The highest BCUT2D eigenvalue weighted by Crippen LogP contribution is 2.36. The summed E-state index contributed by atoms with van der Waals surface area (Å²) in [6.45, 7) is 0.899. The first-order valence-electron chi connectivity index (χ1n) is 7.17. The first-order chi connectivity index (χ1) is 9.24. The molecule has 1 saturated heterocycles. The predicted molar refractivity (Wildman–Crippen MR) is 76.9 cm³/mol. The van der Waals surface area contributed by atoms with Crippen LogP contribution in [0.4, 0.5) is 16.2 Å². The van der Waals surface area contributed by atoms with Gasteiger partial charge >= 0.3 is 6.03 Å². The Morgan fingerprint density at radius 3 is 2.68 bits per heavy atom. The van der Waals surface area contributed by atoms with Gasteiger partial charge in [-0.25, -0.2) is 4.79 Å². The Kier molecular flexibility index (Phi) is 3.32. The van der Waals surface area contributed by atoms with Crippen LogP contribution in [0.2, 0.25) is 0 Å². The number of amides is 2. The lowest BCUT2D eigenvalue weighted by atomic mass is 9.85. The van der Waals surface area contributed by atoms with E-state index in [1.165, 1.54) is 32.1 Å². The van der Waals surface area contributed by atoms with Gasteiger partial charge in [0.15, 0.2) is 0 Å². The number of likely N-dealkylation sites (tertiary alicyclic amines) is 1. The molecule has 1 aromatic carbocycles. The van der Waals surface area contributed by atoms with Crippen LogP contribution in [0.1, 0.15) is 32.1 Å². The van der Waals surface area contributed by atoms with Gasteiger partial charge in [0.1, 0.15) is 0 Å². The number of anilines is 2. The Morgan fingerprint density at radius 2 is 1.89 bits per heavy atom. The zero-order chi connectivity index (χ0) is 13.2. The summed E-state index contributed by atoms with van der Waals surface area (Å²) in [5.74, 6) is 0.728. The van der Waals surface area contributed by atoms with Crippen molar-refractivity contribution >= 4 is 17.4 Å². The molecular weight excluding hydrogens is 238 g/mol. The molecule has 4 nitrogen and oxygen atoms in total. The highest BCUT2D eigenvalue weighted by molar-refractivity contribution is 5.89. The van der Waals surface area contributed by atoms with Crippen LogP contribution >= 0.6 is 0 Å². The Labute approximate surface area is 114 Å². The van der Waals surface area contributed by atoms with Gasteiger partial charge in [0, 0.05) is 24.0 Å². The van der Waals surface area contributed by atoms with Gasteiger partial charge in [0.25, 0.3) is 0 Å². The van der Waals surface area contributed by atoms with Crippen LogP contribution in [0, 0.1) is 5.92 Å². The normalized spacial score (nSPS) is 26.0. The maximum atomic E-state index is 12.3. The van der Waals surface area contributed by atoms with Gasteiger partial charge in [-0.15, -0.1) is 0 Å². The lowest BCUT2D eigenvalue weighted by Crippen LogP contribution is -2.41. The molecule has 4 heteroatoms. The molecule has 0 spiro atoms. The van der Waals surface area contributed by atoms with Crippen LogP contribution in [-0.2, 0) is 0 Å². The quantitative estimate of drug-likeness (QED) is 0.761. The molecule has 1 saturated carbocycles. The number of carbonyl (C=O) groups is 1. The minimum absolute atomic E-state index is 0.0409. The monoisotopic (exact) mass is 259 g/mol. The van der Waals surface area contributed by atoms with Crippen molar-refractivity contribution in [1.29, 1.82) is 0 Å². The molecule has 2 unspecified atom stereocenters. The average Bonchev–Trinajstić information content (AvgIpc) is 2.85. The third kappa shape index (κ3) is 2.53. The third-order valence-electron chi connectivity index (χ3n) is 4.43. The van der Waals surface area contributed by atoms with E-state index in [4.69, 9.17) is 5.73 Å². The highest BCUT2D eigenvalue weighted by atomic mass is 16.2. The first kappa shape index (κ1) is 12.3. The fourth-order valence-electron chi connectivity index (χ4n) is 3.42. The van der Waals surface area contributed by atoms with E-state index in [0.717, 1.165) is 18.2 Å². The number of nitrogens with two attached hydrogens (primary N) is 1. The lowest BCUT2D eigenvalue weighted by molar-refractivity contribution is 0.182. The molecule has 3 rings (SSSR count). The molecule has 0 bridgehead atoms. The van der Waals surface area contributed by atoms with Gasteiger partial charge in [-0.1, -0.05) is 12.8 Å². The number of hydrogen-bond acceptors (Lipinski definition) is 2. The van der Waals surface area contributed by atoms with Crippen LogP contribution in [0.3, 0.4) is 0 Å². The van der Waals surface area contributed by atoms with Gasteiger partial charge in [-0.2, -0.15) is 0 Å². The van der Waals surface area contributed by atoms with E-state index >= 15 is 0 Å². The first-order valence-corrected chi connectivity index (χ1v) is 7.17. The fraction of sp³-hybridized carbons (Fsp3) is 0.533. The second-order valence-corrected chi connectivity index (χ2v) is 5.65. The molecule has 0 aromatic heterocycles. The van der Waals surface area contributed by atoms with E-state index in [2.05, 4.69) is 5.32 Å². The number of rotatable bonds is 1. The van der Waals surface area contributed by atoms with E-state index in [0.29, 0.717) is 11.7 Å². The minimum Gasteiger partial charge on any atom is -0.399 e. The number of nitrogens with one attached hydrogen (secondary N) is 1. The van der Waals surface area contributed by atoms with Crippen molar-refractivity contribution in [1.82, 2.24) is 4.90 Å². The molecule has 1 aromatic rings. The molecular formula is C15H21N3O. The average molecular weight is 259 g/mol. The molecule has 2 atom stereocenters. The van der Waals surface area contributed by atoms with Crippen LogP contribution in [0.25, 0.3) is 0 Å². The largest absolute Gasteiger partial charge is 0.399 e. The lowest BCUT2D eigenvalue weighted by Gasteiger charge is -2.31. The van der Waals surface area contributed by atoms with Crippen LogP contribution < -0.4 is 11.1 Å². The molecule has 3 N–H and O–H groups in total. The van der Waals surface area contributed by atoms with Crippen molar-refractivity contribution in [2.24, 2.45) is 5.92 Å². The van der Waals surface area contributed by atoms with Crippen LogP contribution in [0.5, 0.6) is 0 Å². The van der Waals surface area contributed by atoms with Crippen molar-refractivity contribution in [3.63, 3.8) is 0 Å². The summed E-state index contributed by atoms with van der Waals surface area (Å²) in [6, 6.07) is 7.82. The molecule has 1 aliphatic carbocycles. The van der Waals surface area contributed by atoms with E-state index < -0.39 is 0 Å². The molecule has 1 heterocycles. The Balaban J connectivity index is 1.65. The number of hydrogen-bond donors (Lipinski definition) is 2. The number of fused-ring (bicyclic) bond motifs is 1. The number of nitrogen functional groups attached to an aromatic ring is 1. The third-order valence-corrected chi connectivity index (χ3v) is 4.43. The summed E-state index contributed by atoms with van der Waals surface area (Å²) in [6.07, 6.45) is 6.21. The van der Waals surface area contributed by atoms with Crippen molar-refractivity contribution in [3.05, 3.63) is 24.3 Å². The number of benzene rings is 1. The second-order valence-electron chi connectivity index (χ2n) is 5.65. The van der Waals surface area contributed by atoms with Crippen LogP contribution in [0.15, 0.2) is 24.3 Å². The Hall–Kier alpha value is -1.71. The molecule has 2 amide bonds. The van der Waals surface area contributed by atoms with Crippen molar-refractivity contribution in [2.75, 3.05) is 17.6 Å². The molecule has 1 aliphatic heterocycles. The smallest absolute Gasteiger partial charge is 0.322 e. The highest BCUT2D eigenvalue weighted by Gasteiger charge is 2.38. The van der Waals surface area contributed by atoms with Crippen molar-refractivity contribution in [3.8, 4) is 0 Å². The number of carbonyl (C=O) groups excluding carboxylic acids is 1. The molecule has 0 radical (unpaired) electrons. The topological polar surface area (TPSA) is 58.4 Å². The van der Waals surface area contributed by atoms with Gasteiger partial charge in [0.05, 0.1) is 0 Å². The minimum atomic E-state index is 0.0409. The summed E-state index contributed by atoms with van der Waals surface area (Å²) in [7, 11) is 0. The second kappa shape index (κ2) is 5.11. The molecule has 19 heavy (non-hydrogen) atoms. The van der Waals surface area contributed by atoms with Gasteiger partial charge < -0.3 is 16.0 Å². The summed E-state index contributed by atoms with van der Waals surface area (Å²) in [4.78, 5) is 14.4. The summed E-state index contributed by atoms with van der Waals surface area (Å²) >= 11 is 0. The predicted octanol–water partition coefficient (Wildman–Crippen LogP) is 3.07. The molecule has 102 valence electrons. The van der Waals surface area contributed by atoms with Crippen LogP contribution in [-0.4, -0.2) is 23.5 Å². The van der Waals surface area contributed by atoms with Gasteiger partial charge in [0.2, 0.25) is 0 Å². The summed E-state index contributed by atoms with van der Waals surface area (Å²) < 4.78 is 0. The summed E-state index contributed by atoms with van der Waals surface area (Å²) in [5, 5.41) is 2.98. The van der Waals surface area contributed by atoms with Gasteiger partial charge in [-0.05, 0) is 49.4 Å². The van der Waals surface area contributed by atoms with Crippen molar-refractivity contribution in [2.45, 2.75) is 38.1 Å². The van der Waals surface area contributed by atoms with Crippen molar-refractivity contribution < 1.29 is 4.79 Å². The Morgan fingerprint density at radius 1 is 1.16 bits per heavy atom. The van der Waals surface area contributed by atoms with E-state index in [1.807, 2.05) is 29.2 Å². The van der Waals surface area contributed by atoms with E-state index in [-0.39, 0.29) is 6.03 Å². The zero-order valence-corrected chi connectivity index (χ0v) is 11.1. The Bertz CT molecular complexity index is 457. The SMILES string of the molecule is Nc1ccc(NC(=O)N2CCC3CCCCC32)cc1. The zero-order valence-electron chi connectivity index (χ0n) is 11.1. The van der Waals surface area contributed by atoms with E-state index in [1.54, 1.807) is 0 Å². The maximum absolute atomic E-state index is 12.3. The molecule has 2 fully saturated rings. The van der Waals surface area contributed by atoms with E-state index in [9.17, 15) is 4.79 Å². The van der Waals surface area contributed by atoms with Gasteiger partial charge in [-0.3, -0.25) is 0 Å². The standard InChI is InChI=1S/C15H21N3O/c16-12-5-7-13(8-6-12)17-15(19)18-10-9-11-3-1-2-4-14(11)18/h5-8,11,14H,1-4,9-10,16H2,(H,17,19).